The number of allylic oxidation sites excluding steroid dienone is 2. The highest BCUT2D eigenvalue weighted by Gasteiger charge is 2.19. The Morgan fingerprint density at radius 3 is 2.15 bits per heavy atom. The second kappa shape index (κ2) is 4.04. The Morgan fingerprint density at radius 1 is 1.15 bits per heavy atom. The first kappa shape index (κ1) is 9.73. The van der Waals surface area contributed by atoms with Crippen LogP contribution in [-0.2, 0) is 9.59 Å². The quantitative estimate of drug-likeness (QED) is 0.507. The zero-order valence-electron chi connectivity index (χ0n) is 6.64. The van der Waals surface area contributed by atoms with Gasteiger partial charge in [-0.25, -0.2) is 9.59 Å². The molecule has 5 heteroatoms. The number of hydrogen-bond donors (Lipinski definition) is 2. The predicted octanol–water partition coefficient (Wildman–Crippen LogP) is 0.680. The fourth-order valence-corrected chi connectivity index (χ4v) is 2.36. The summed E-state index contributed by atoms with van der Waals surface area (Å²) in [5, 5.41) is 18.9. The van der Waals surface area contributed by atoms with Crippen molar-refractivity contribution in [1.29, 1.82) is 0 Å². The first-order valence-electron chi connectivity index (χ1n) is 3.49. The van der Waals surface area contributed by atoms with Crippen LogP contribution in [0.1, 0.15) is 0 Å². The van der Waals surface area contributed by atoms with E-state index in [1.807, 2.05) is 0 Å². The van der Waals surface area contributed by atoms with Crippen LogP contribution in [-0.4, -0.2) is 32.8 Å². The van der Waals surface area contributed by atoms with Crippen molar-refractivity contribution in [2.45, 2.75) is 0 Å². The monoisotopic (exact) mass is 200 g/mol. The fourth-order valence-electron chi connectivity index (χ4n) is 0.901. The number of carboxylic acids is 2. The highest BCUT2D eigenvalue weighted by atomic mass is 32.2. The number of aliphatic carboxylic acids is 2. The topological polar surface area (TPSA) is 74.6 Å². The van der Waals surface area contributed by atoms with Gasteiger partial charge in [0.1, 0.15) is 0 Å². The lowest BCUT2D eigenvalue weighted by Crippen LogP contribution is -2.23. The van der Waals surface area contributed by atoms with E-state index in [4.69, 9.17) is 10.2 Å². The highest BCUT2D eigenvalue weighted by Crippen LogP contribution is 2.21. The van der Waals surface area contributed by atoms with E-state index in [9.17, 15) is 9.59 Å². The molecule has 1 aliphatic rings. The molecule has 0 aromatic rings. The maximum atomic E-state index is 10.6. The van der Waals surface area contributed by atoms with Crippen LogP contribution in [0.3, 0.4) is 0 Å². The Hall–Kier alpha value is -1.36. The van der Waals surface area contributed by atoms with Crippen molar-refractivity contribution in [3.8, 4) is 0 Å². The van der Waals surface area contributed by atoms with E-state index in [2.05, 4.69) is 0 Å². The Balaban J connectivity index is 3.10. The summed E-state index contributed by atoms with van der Waals surface area (Å²) in [7, 11) is -0.792. The second-order valence-electron chi connectivity index (χ2n) is 2.29. The Kier molecular flexibility index (Phi) is 3.02. The van der Waals surface area contributed by atoms with E-state index in [1.54, 1.807) is 23.6 Å². The Labute approximate surface area is 77.1 Å². The van der Waals surface area contributed by atoms with Crippen molar-refractivity contribution in [1.82, 2.24) is 0 Å². The summed E-state index contributed by atoms with van der Waals surface area (Å²) >= 11 is 0. The highest BCUT2D eigenvalue weighted by molar-refractivity contribution is 8.20. The molecule has 70 valence electrons. The van der Waals surface area contributed by atoms with E-state index in [1.165, 1.54) is 0 Å². The average molecular weight is 200 g/mol. The van der Waals surface area contributed by atoms with Gasteiger partial charge in [0.15, 0.2) is 4.86 Å². The Morgan fingerprint density at radius 2 is 1.77 bits per heavy atom. The molecule has 13 heavy (non-hydrogen) atoms. The van der Waals surface area contributed by atoms with Crippen LogP contribution in [0.25, 0.3) is 0 Å². The zero-order valence-corrected chi connectivity index (χ0v) is 7.45. The molecule has 1 aliphatic heterocycles. The Bertz CT molecular complexity index is 322. The largest absolute Gasteiger partial charge is 0.477 e. The molecule has 0 spiro atoms. The molecule has 2 N–H and O–H groups in total. The van der Waals surface area contributed by atoms with Crippen molar-refractivity contribution in [3.05, 3.63) is 23.6 Å². The van der Waals surface area contributed by atoms with Crippen molar-refractivity contribution in [2.24, 2.45) is 0 Å². The van der Waals surface area contributed by atoms with Crippen LogP contribution < -0.4 is 0 Å². The SMILES string of the molecule is O=C(O)C(C(=O)O)=S1C=CC=CC1. The van der Waals surface area contributed by atoms with Crippen LogP contribution in [0.5, 0.6) is 0 Å². The summed E-state index contributed by atoms with van der Waals surface area (Å²) in [6, 6.07) is 0. The van der Waals surface area contributed by atoms with Gasteiger partial charge in [0.25, 0.3) is 0 Å². The molecule has 0 fully saturated rings. The van der Waals surface area contributed by atoms with Gasteiger partial charge in [-0.1, -0.05) is 18.2 Å². The average Bonchev–Trinajstić information content (AvgIpc) is 2.04. The number of hydrogen-bond acceptors (Lipinski definition) is 2. The summed E-state index contributed by atoms with van der Waals surface area (Å²) in [5.74, 6) is -2.24. The van der Waals surface area contributed by atoms with E-state index >= 15 is 0 Å². The molecule has 0 saturated heterocycles. The van der Waals surface area contributed by atoms with E-state index in [-0.39, 0.29) is 0 Å². The van der Waals surface area contributed by atoms with Crippen LogP contribution >= 0.6 is 10.5 Å². The lowest BCUT2D eigenvalue weighted by Gasteiger charge is -2.06. The molecular formula is C8H8O4S. The number of carboxylic acid groups (broad SMARTS) is 2. The smallest absolute Gasteiger partial charge is 0.349 e. The molecule has 1 rings (SSSR count). The maximum absolute atomic E-state index is 10.6. The molecule has 0 aromatic heterocycles. The summed E-state index contributed by atoms with van der Waals surface area (Å²) < 4.78 is 0. The van der Waals surface area contributed by atoms with Crippen molar-refractivity contribution >= 4 is 27.3 Å². The molecular weight excluding hydrogens is 192 g/mol. The van der Waals surface area contributed by atoms with Gasteiger partial charge in [0.2, 0.25) is 0 Å². The maximum Gasteiger partial charge on any atom is 0.349 e. The first-order chi connectivity index (χ1) is 6.13. The van der Waals surface area contributed by atoms with Crippen LogP contribution in [0, 0.1) is 0 Å². The minimum Gasteiger partial charge on any atom is -0.477 e. The molecule has 0 aliphatic carbocycles. The van der Waals surface area contributed by atoms with E-state index in [0.717, 1.165) is 0 Å². The summed E-state index contributed by atoms with van der Waals surface area (Å²) in [4.78, 5) is 20.7. The molecule has 0 aromatic carbocycles. The molecule has 0 amide bonds. The predicted molar refractivity (Wildman–Crippen MR) is 51.0 cm³/mol. The van der Waals surface area contributed by atoms with Crippen LogP contribution in [0.2, 0.25) is 0 Å². The standard InChI is InChI=1S/C8H8O4S/c9-7(10)6(8(11)12)13-4-2-1-3-5-13/h1-4H,5H2,(H,9,10)(H,11,12). The van der Waals surface area contributed by atoms with E-state index in [0.29, 0.717) is 5.75 Å². The van der Waals surface area contributed by atoms with Crippen molar-refractivity contribution < 1.29 is 19.8 Å². The van der Waals surface area contributed by atoms with Crippen LogP contribution in [0.15, 0.2) is 23.6 Å². The van der Waals surface area contributed by atoms with Gasteiger partial charge in [0.05, 0.1) is 0 Å². The fraction of sp³-hybridized carbons (Fsp3) is 0.125. The van der Waals surface area contributed by atoms with Gasteiger partial charge >= 0.3 is 11.9 Å². The van der Waals surface area contributed by atoms with E-state index < -0.39 is 27.3 Å². The summed E-state index contributed by atoms with van der Waals surface area (Å²) in [6.07, 6.45) is 5.19. The van der Waals surface area contributed by atoms with Crippen molar-refractivity contribution in [2.75, 3.05) is 5.75 Å². The van der Waals surface area contributed by atoms with Gasteiger partial charge in [-0.05, 0) is 5.41 Å². The van der Waals surface area contributed by atoms with Gasteiger partial charge in [-0.3, -0.25) is 0 Å². The zero-order chi connectivity index (χ0) is 9.84. The molecule has 1 heterocycles. The van der Waals surface area contributed by atoms with Gasteiger partial charge in [-0.2, -0.15) is 0 Å². The van der Waals surface area contributed by atoms with Crippen molar-refractivity contribution in [3.63, 3.8) is 0 Å². The molecule has 1 unspecified atom stereocenters. The third kappa shape index (κ3) is 2.29. The van der Waals surface area contributed by atoms with Gasteiger partial charge < -0.3 is 10.2 Å². The summed E-state index contributed by atoms with van der Waals surface area (Å²) in [5.41, 5.74) is 0. The number of carbonyl (C=O) groups is 2. The molecule has 0 radical (unpaired) electrons. The second-order valence-corrected chi connectivity index (χ2v) is 4.16. The third-order valence-electron chi connectivity index (χ3n) is 1.42. The first-order valence-corrected chi connectivity index (χ1v) is 4.95. The molecule has 0 bridgehead atoms. The van der Waals surface area contributed by atoms with Gasteiger partial charge in [0, 0.05) is 5.75 Å². The van der Waals surface area contributed by atoms with Crippen LogP contribution in [0.4, 0.5) is 0 Å². The van der Waals surface area contributed by atoms with Gasteiger partial charge in [-0.15, -0.1) is 10.5 Å². The number of rotatable bonds is 2. The lowest BCUT2D eigenvalue weighted by atomic mass is 10.4. The molecule has 1 atom stereocenters. The lowest BCUT2D eigenvalue weighted by molar-refractivity contribution is -0.134. The minimum absolute atomic E-state index is 0.444. The molecule has 4 nitrogen and oxygen atoms in total. The normalized spacial score (nSPS) is 19.8. The summed E-state index contributed by atoms with van der Waals surface area (Å²) in [6.45, 7) is 0. The third-order valence-corrected chi connectivity index (χ3v) is 3.33. The molecule has 0 saturated carbocycles. The minimum atomic E-state index is -1.35.